The molecule has 0 aliphatic carbocycles. The van der Waals surface area contributed by atoms with Crippen molar-refractivity contribution < 1.29 is 9.66 Å². The summed E-state index contributed by atoms with van der Waals surface area (Å²) in [4.78, 5) is 14.5. The van der Waals surface area contributed by atoms with Gasteiger partial charge in [-0.2, -0.15) is 0 Å². The molecule has 0 fully saturated rings. The van der Waals surface area contributed by atoms with E-state index in [1.807, 2.05) is 24.3 Å². The minimum Gasteiger partial charge on any atom is -0.492 e. The third kappa shape index (κ3) is 3.90. The minimum atomic E-state index is -0.451. The van der Waals surface area contributed by atoms with E-state index in [0.29, 0.717) is 30.4 Å². The highest BCUT2D eigenvalue weighted by atomic mass is 16.6. The van der Waals surface area contributed by atoms with Gasteiger partial charge < -0.3 is 15.8 Å². The van der Waals surface area contributed by atoms with Crippen LogP contribution in [0.4, 0.5) is 17.2 Å². The fraction of sp³-hybridized carbons (Fsp3) is 0.214. The number of rotatable bonds is 6. The lowest BCUT2D eigenvalue weighted by Gasteiger charge is -2.09. The number of anilines is 2. The Morgan fingerprint density at radius 3 is 2.86 bits per heavy atom. The standard InChI is InChI=1S/C14H16N4O3/c1-10-13(18(19)20)5-6-14(16-10)17-11-3-2-4-12(9-11)21-8-7-15/h2-6,9H,7-8,15H2,1H3,(H,16,17). The monoisotopic (exact) mass is 288 g/mol. The van der Waals surface area contributed by atoms with E-state index in [4.69, 9.17) is 10.5 Å². The van der Waals surface area contributed by atoms with Crippen LogP contribution in [-0.4, -0.2) is 23.1 Å². The third-order valence-electron chi connectivity index (χ3n) is 2.75. The Labute approximate surface area is 121 Å². The minimum absolute atomic E-state index is 0.000537. The highest BCUT2D eigenvalue weighted by Gasteiger charge is 2.11. The van der Waals surface area contributed by atoms with Gasteiger partial charge in [0.2, 0.25) is 0 Å². The Hall–Kier alpha value is -2.67. The van der Waals surface area contributed by atoms with E-state index in [9.17, 15) is 10.1 Å². The van der Waals surface area contributed by atoms with Gasteiger partial charge in [0.25, 0.3) is 5.69 Å². The van der Waals surface area contributed by atoms with E-state index in [1.54, 1.807) is 13.0 Å². The van der Waals surface area contributed by atoms with Crippen LogP contribution in [0.2, 0.25) is 0 Å². The van der Waals surface area contributed by atoms with Gasteiger partial charge in [-0.15, -0.1) is 0 Å². The van der Waals surface area contributed by atoms with Gasteiger partial charge in [-0.05, 0) is 25.1 Å². The second-order valence-electron chi connectivity index (χ2n) is 4.35. The number of nitrogens with one attached hydrogen (secondary N) is 1. The van der Waals surface area contributed by atoms with Crippen molar-refractivity contribution in [3.8, 4) is 5.75 Å². The molecule has 0 aliphatic heterocycles. The smallest absolute Gasteiger partial charge is 0.290 e. The second kappa shape index (κ2) is 6.67. The molecule has 0 amide bonds. The number of nitro groups is 1. The second-order valence-corrected chi connectivity index (χ2v) is 4.35. The van der Waals surface area contributed by atoms with E-state index in [0.717, 1.165) is 5.69 Å². The molecule has 0 spiro atoms. The summed E-state index contributed by atoms with van der Waals surface area (Å²) in [6, 6.07) is 10.3. The zero-order valence-electron chi connectivity index (χ0n) is 11.6. The van der Waals surface area contributed by atoms with Crippen LogP contribution in [0, 0.1) is 17.0 Å². The van der Waals surface area contributed by atoms with Gasteiger partial charge in [-0.1, -0.05) is 6.07 Å². The van der Waals surface area contributed by atoms with Crippen LogP contribution in [0.15, 0.2) is 36.4 Å². The number of benzene rings is 1. The Morgan fingerprint density at radius 2 is 2.19 bits per heavy atom. The molecule has 3 N–H and O–H groups in total. The SMILES string of the molecule is Cc1nc(Nc2cccc(OCCN)c2)ccc1[N+](=O)[O-]. The number of hydrogen-bond acceptors (Lipinski definition) is 6. The molecule has 0 aliphatic rings. The molecule has 0 unspecified atom stereocenters. The molecule has 0 radical (unpaired) electrons. The molecule has 1 aromatic heterocycles. The van der Waals surface area contributed by atoms with Crippen LogP contribution in [-0.2, 0) is 0 Å². The Morgan fingerprint density at radius 1 is 1.38 bits per heavy atom. The zero-order valence-corrected chi connectivity index (χ0v) is 11.6. The first-order chi connectivity index (χ1) is 10.1. The number of nitrogens with two attached hydrogens (primary N) is 1. The van der Waals surface area contributed by atoms with E-state index < -0.39 is 4.92 Å². The van der Waals surface area contributed by atoms with Crippen LogP contribution in [0.3, 0.4) is 0 Å². The molecule has 0 saturated heterocycles. The summed E-state index contributed by atoms with van der Waals surface area (Å²) in [7, 11) is 0. The lowest BCUT2D eigenvalue weighted by atomic mass is 10.3. The van der Waals surface area contributed by atoms with Gasteiger partial charge in [-0.25, -0.2) is 4.98 Å². The van der Waals surface area contributed by atoms with Crippen molar-refractivity contribution in [2.45, 2.75) is 6.92 Å². The molecule has 21 heavy (non-hydrogen) atoms. The first kappa shape index (κ1) is 14.7. The summed E-state index contributed by atoms with van der Waals surface area (Å²) in [5, 5.41) is 13.8. The summed E-state index contributed by atoms with van der Waals surface area (Å²) in [6.45, 7) is 2.49. The summed E-state index contributed by atoms with van der Waals surface area (Å²) in [5.74, 6) is 1.23. The Kier molecular flexibility index (Phi) is 4.68. The molecule has 0 atom stereocenters. The molecular weight excluding hydrogens is 272 g/mol. The lowest BCUT2D eigenvalue weighted by molar-refractivity contribution is -0.385. The largest absolute Gasteiger partial charge is 0.492 e. The number of nitrogens with zero attached hydrogens (tertiary/aromatic N) is 2. The molecule has 2 rings (SSSR count). The Balaban J connectivity index is 2.14. The van der Waals surface area contributed by atoms with Crippen LogP contribution < -0.4 is 15.8 Å². The molecule has 7 heteroatoms. The molecule has 7 nitrogen and oxygen atoms in total. The van der Waals surface area contributed by atoms with Gasteiger partial charge in [0.05, 0.1) is 4.92 Å². The van der Waals surface area contributed by atoms with Gasteiger partial charge in [0, 0.05) is 24.4 Å². The molecule has 2 aromatic rings. The summed E-state index contributed by atoms with van der Waals surface area (Å²) in [5.41, 5.74) is 6.53. The fourth-order valence-electron chi connectivity index (χ4n) is 1.80. The number of aromatic nitrogens is 1. The highest BCUT2D eigenvalue weighted by molar-refractivity contribution is 5.59. The van der Waals surface area contributed by atoms with Gasteiger partial charge >= 0.3 is 0 Å². The summed E-state index contributed by atoms with van der Waals surface area (Å²) in [6.07, 6.45) is 0. The normalized spacial score (nSPS) is 10.2. The summed E-state index contributed by atoms with van der Waals surface area (Å²) < 4.78 is 5.43. The van der Waals surface area contributed by atoms with Gasteiger partial charge in [0.15, 0.2) is 0 Å². The molecule has 110 valence electrons. The van der Waals surface area contributed by atoms with Crippen molar-refractivity contribution in [2.24, 2.45) is 5.73 Å². The van der Waals surface area contributed by atoms with Crippen molar-refractivity contribution in [1.29, 1.82) is 0 Å². The third-order valence-corrected chi connectivity index (χ3v) is 2.75. The van der Waals surface area contributed by atoms with Gasteiger partial charge in [-0.3, -0.25) is 10.1 Å². The van der Waals surface area contributed by atoms with Crippen molar-refractivity contribution in [1.82, 2.24) is 4.98 Å². The average molecular weight is 288 g/mol. The Bertz CT molecular complexity index is 646. The quantitative estimate of drug-likeness (QED) is 0.624. The molecule has 0 bridgehead atoms. The van der Waals surface area contributed by atoms with Crippen molar-refractivity contribution in [2.75, 3.05) is 18.5 Å². The van der Waals surface area contributed by atoms with E-state index in [2.05, 4.69) is 10.3 Å². The van der Waals surface area contributed by atoms with E-state index >= 15 is 0 Å². The topological polar surface area (TPSA) is 103 Å². The predicted molar refractivity (Wildman–Crippen MR) is 79.9 cm³/mol. The fourth-order valence-corrected chi connectivity index (χ4v) is 1.80. The maximum atomic E-state index is 10.8. The first-order valence-electron chi connectivity index (χ1n) is 6.42. The number of hydrogen-bond donors (Lipinski definition) is 2. The molecule has 1 aromatic carbocycles. The van der Waals surface area contributed by atoms with Crippen molar-refractivity contribution in [3.05, 3.63) is 52.2 Å². The maximum absolute atomic E-state index is 10.8. The van der Waals surface area contributed by atoms with Crippen LogP contribution in [0.5, 0.6) is 5.75 Å². The number of ether oxygens (including phenoxy) is 1. The zero-order chi connectivity index (χ0) is 15.2. The first-order valence-corrected chi connectivity index (χ1v) is 6.42. The summed E-state index contributed by atoms with van der Waals surface area (Å²) >= 11 is 0. The molecular formula is C14H16N4O3. The number of aryl methyl sites for hydroxylation is 1. The molecule has 0 saturated carbocycles. The predicted octanol–water partition coefficient (Wildman–Crippen LogP) is 2.38. The lowest BCUT2D eigenvalue weighted by Crippen LogP contribution is -2.10. The van der Waals surface area contributed by atoms with Crippen LogP contribution in [0.1, 0.15) is 5.69 Å². The maximum Gasteiger partial charge on any atom is 0.290 e. The highest BCUT2D eigenvalue weighted by Crippen LogP contribution is 2.23. The van der Waals surface area contributed by atoms with Crippen LogP contribution in [0.25, 0.3) is 0 Å². The van der Waals surface area contributed by atoms with Crippen molar-refractivity contribution >= 4 is 17.2 Å². The van der Waals surface area contributed by atoms with E-state index in [-0.39, 0.29) is 5.69 Å². The van der Waals surface area contributed by atoms with E-state index in [1.165, 1.54) is 6.07 Å². The van der Waals surface area contributed by atoms with Gasteiger partial charge in [0.1, 0.15) is 23.9 Å². The molecule has 1 heterocycles. The number of pyridine rings is 1. The van der Waals surface area contributed by atoms with Crippen molar-refractivity contribution in [3.63, 3.8) is 0 Å². The average Bonchev–Trinajstić information content (AvgIpc) is 2.45. The van der Waals surface area contributed by atoms with Crippen LogP contribution >= 0.6 is 0 Å².